The Labute approximate surface area is 199 Å². The fourth-order valence-corrected chi connectivity index (χ4v) is 4.97. The van der Waals surface area contributed by atoms with Crippen LogP contribution in [-0.4, -0.2) is 59.5 Å². The van der Waals surface area contributed by atoms with Crippen molar-refractivity contribution in [2.45, 2.75) is 39.2 Å². The Hall–Kier alpha value is -3.48. The van der Waals surface area contributed by atoms with Crippen LogP contribution in [-0.2, 0) is 14.3 Å². The van der Waals surface area contributed by atoms with Gasteiger partial charge in [0.2, 0.25) is 6.10 Å². The van der Waals surface area contributed by atoms with Crippen LogP contribution in [0.1, 0.15) is 65.5 Å². The van der Waals surface area contributed by atoms with Crippen molar-refractivity contribution in [2.75, 3.05) is 26.2 Å². The van der Waals surface area contributed by atoms with Gasteiger partial charge in [0.25, 0.3) is 11.8 Å². The molecule has 1 atom stereocenters. The summed E-state index contributed by atoms with van der Waals surface area (Å²) in [7, 11) is 0. The maximum absolute atomic E-state index is 13.3. The molecule has 1 spiro atoms. The number of rotatable bonds is 5. The van der Waals surface area contributed by atoms with E-state index < -0.39 is 12.1 Å². The molecule has 0 radical (unpaired) electrons. The van der Waals surface area contributed by atoms with Gasteiger partial charge < -0.3 is 14.5 Å². The van der Waals surface area contributed by atoms with Crippen LogP contribution < -0.4 is 0 Å². The second-order valence-electron chi connectivity index (χ2n) is 9.34. The zero-order valence-corrected chi connectivity index (χ0v) is 19.7. The van der Waals surface area contributed by atoms with Crippen LogP contribution in [0.5, 0.6) is 0 Å². The van der Waals surface area contributed by atoms with Crippen molar-refractivity contribution >= 4 is 23.6 Å². The molecule has 2 saturated heterocycles. The minimum atomic E-state index is -0.937. The predicted octanol–water partition coefficient (Wildman–Crippen LogP) is 3.65. The highest BCUT2D eigenvalue weighted by Gasteiger charge is 2.44. The Kier molecular flexibility index (Phi) is 6.82. The Balaban J connectivity index is 1.38. The van der Waals surface area contributed by atoms with Crippen molar-refractivity contribution in [1.29, 1.82) is 0 Å². The third kappa shape index (κ3) is 5.03. The third-order valence-electron chi connectivity index (χ3n) is 7.01. The van der Waals surface area contributed by atoms with E-state index in [1.807, 2.05) is 23.1 Å². The molecule has 2 amide bonds. The van der Waals surface area contributed by atoms with Gasteiger partial charge in [0.1, 0.15) is 0 Å². The molecule has 2 aromatic carbocycles. The van der Waals surface area contributed by atoms with Crippen LogP contribution in [0, 0.1) is 5.41 Å². The highest BCUT2D eigenvalue weighted by molar-refractivity contribution is 5.97. The van der Waals surface area contributed by atoms with E-state index in [9.17, 15) is 19.2 Å². The average molecular weight is 463 g/mol. The first-order valence-corrected chi connectivity index (χ1v) is 11.7. The molecule has 4 rings (SSSR count). The largest absolute Gasteiger partial charge is 0.447 e. The zero-order valence-electron chi connectivity index (χ0n) is 19.7. The predicted molar refractivity (Wildman–Crippen MR) is 126 cm³/mol. The molecule has 2 aliphatic heterocycles. The molecule has 2 fully saturated rings. The van der Waals surface area contributed by atoms with E-state index in [0.29, 0.717) is 42.9 Å². The van der Waals surface area contributed by atoms with Gasteiger partial charge >= 0.3 is 5.97 Å². The molecule has 34 heavy (non-hydrogen) atoms. The minimum Gasteiger partial charge on any atom is -0.447 e. The first-order chi connectivity index (χ1) is 16.3. The number of esters is 1. The Bertz CT molecular complexity index is 1070. The fourth-order valence-electron chi connectivity index (χ4n) is 4.97. The SMILES string of the molecule is CC(=O)O[C@@H](C(=O)N1CCC2(CCN(C(=O)c3ccc(C(C)=O)cc3)CC2)C1)c1ccccc1. The van der Waals surface area contributed by atoms with Crippen LogP contribution >= 0.6 is 0 Å². The van der Waals surface area contributed by atoms with E-state index >= 15 is 0 Å². The van der Waals surface area contributed by atoms with Gasteiger partial charge in [0.05, 0.1) is 0 Å². The second-order valence-corrected chi connectivity index (χ2v) is 9.34. The van der Waals surface area contributed by atoms with Crippen molar-refractivity contribution in [3.63, 3.8) is 0 Å². The van der Waals surface area contributed by atoms with E-state index in [1.165, 1.54) is 13.8 Å². The summed E-state index contributed by atoms with van der Waals surface area (Å²) in [5, 5.41) is 0. The topological polar surface area (TPSA) is 84.0 Å². The fraction of sp³-hybridized carbons (Fsp3) is 0.407. The molecular formula is C27H30N2O5. The van der Waals surface area contributed by atoms with Crippen molar-refractivity contribution in [3.8, 4) is 0 Å². The Morgan fingerprint density at radius 1 is 0.794 bits per heavy atom. The van der Waals surface area contributed by atoms with Crippen molar-refractivity contribution in [3.05, 3.63) is 71.3 Å². The Morgan fingerprint density at radius 3 is 1.91 bits per heavy atom. The van der Waals surface area contributed by atoms with Crippen LogP contribution in [0.15, 0.2) is 54.6 Å². The van der Waals surface area contributed by atoms with Crippen molar-refractivity contribution in [2.24, 2.45) is 5.41 Å². The molecule has 2 heterocycles. The third-order valence-corrected chi connectivity index (χ3v) is 7.01. The monoisotopic (exact) mass is 462 g/mol. The van der Waals surface area contributed by atoms with Crippen molar-refractivity contribution in [1.82, 2.24) is 9.80 Å². The highest BCUT2D eigenvalue weighted by Crippen LogP contribution is 2.41. The lowest BCUT2D eigenvalue weighted by molar-refractivity contribution is -0.159. The first kappa shape index (κ1) is 23.7. The summed E-state index contributed by atoms with van der Waals surface area (Å²) in [4.78, 5) is 53.0. The molecule has 2 aromatic rings. The van der Waals surface area contributed by atoms with Gasteiger partial charge in [-0.2, -0.15) is 0 Å². The number of ketones is 1. The number of ether oxygens (including phenoxy) is 1. The van der Waals surface area contributed by atoms with Gasteiger partial charge in [-0.1, -0.05) is 42.5 Å². The smallest absolute Gasteiger partial charge is 0.303 e. The van der Waals surface area contributed by atoms with Gasteiger partial charge in [-0.25, -0.2) is 0 Å². The number of piperidine rings is 1. The van der Waals surface area contributed by atoms with E-state index in [4.69, 9.17) is 4.74 Å². The number of carbonyl (C=O) groups excluding carboxylic acids is 4. The summed E-state index contributed by atoms with van der Waals surface area (Å²) in [5.74, 6) is -0.737. The normalized spacial score (nSPS) is 17.9. The van der Waals surface area contributed by atoms with E-state index in [-0.39, 0.29) is 23.0 Å². The zero-order chi connectivity index (χ0) is 24.3. The van der Waals surface area contributed by atoms with Crippen LogP contribution in [0.2, 0.25) is 0 Å². The summed E-state index contributed by atoms with van der Waals surface area (Å²) >= 11 is 0. The summed E-state index contributed by atoms with van der Waals surface area (Å²) in [5.41, 5.74) is 1.81. The van der Waals surface area contributed by atoms with Crippen LogP contribution in [0.25, 0.3) is 0 Å². The molecule has 0 aliphatic carbocycles. The summed E-state index contributed by atoms with van der Waals surface area (Å²) in [6, 6.07) is 15.9. The molecule has 0 saturated carbocycles. The molecule has 0 aromatic heterocycles. The lowest BCUT2D eigenvalue weighted by Crippen LogP contribution is -2.45. The number of likely N-dealkylation sites (tertiary alicyclic amines) is 2. The second kappa shape index (κ2) is 9.79. The number of hydrogen-bond donors (Lipinski definition) is 0. The first-order valence-electron chi connectivity index (χ1n) is 11.7. The summed E-state index contributed by atoms with van der Waals surface area (Å²) in [6.07, 6.45) is 1.57. The molecule has 0 bridgehead atoms. The van der Waals surface area contributed by atoms with Gasteiger partial charge in [0, 0.05) is 49.8 Å². The number of hydrogen-bond acceptors (Lipinski definition) is 5. The molecular weight excluding hydrogens is 432 g/mol. The lowest BCUT2D eigenvalue weighted by Gasteiger charge is -2.39. The maximum Gasteiger partial charge on any atom is 0.303 e. The number of carbonyl (C=O) groups is 4. The van der Waals surface area contributed by atoms with E-state index in [2.05, 4.69) is 0 Å². The van der Waals surface area contributed by atoms with Gasteiger partial charge in [-0.05, 0) is 43.7 Å². The molecule has 0 N–H and O–H groups in total. The quantitative estimate of drug-likeness (QED) is 0.500. The number of Topliss-reactive ketones (excluding diaryl/α,β-unsaturated/α-hetero) is 1. The molecule has 178 valence electrons. The molecule has 7 nitrogen and oxygen atoms in total. The molecule has 7 heteroatoms. The average Bonchev–Trinajstić information content (AvgIpc) is 3.26. The summed E-state index contributed by atoms with van der Waals surface area (Å²) in [6.45, 7) is 5.29. The van der Waals surface area contributed by atoms with Gasteiger partial charge in [-0.3, -0.25) is 19.2 Å². The van der Waals surface area contributed by atoms with Crippen LogP contribution in [0.4, 0.5) is 0 Å². The summed E-state index contributed by atoms with van der Waals surface area (Å²) < 4.78 is 5.40. The molecule has 0 unspecified atom stereocenters. The van der Waals surface area contributed by atoms with Crippen molar-refractivity contribution < 1.29 is 23.9 Å². The minimum absolute atomic E-state index is 0.0254. The lowest BCUT2D eigenvalue weighted by atomic mass is 9.77. The standard InChI is InChI=1S/C27H30N2O5/c1-19(30)21-8-10-23(11-9-21)25(32)28-15-12-27(13-16-28)14-17-29(18-27)26(33)24(34-20(2)31)22-6-4-3-5-7-22/h3-11,24H,12-18H2,1-2H3/t24-/m1/s1. The Morgan fingerprint density at radius 2 is 1.35 bits per heavy atom. The maximum atomic E-state index is 13.3. The van der Waals surface area contributed by atoms with Crippen LogP contribution in [0.3, 0.4) is 0 Å². The van der Waals surface area contributed by atoms with Gasteiger partial charge in [-0.15, -0.1) is 0 Å². The number of benzene rings is 2. The number of nitrogens with zero attached hydrogens (tertiary/aromatic N) is 2. The van der Waals surface area contributed by atoms with E-state index in [1.54, 1.807) is 41.3 Å². The number of amides is 2. The highest BCUT2D eigenvalue weighted by atomic mass is 16.5. The van der Waals surface area contributed by atoms with Gasteiger partial charge in [0.15, 0.2) is 5.78 Å². The molecule has 2 aliphatic rings. The van der Waals surface area contributed by atoms with E-state index in [0.717, 1.165) is 19.3 Å².